The van der Waals surface area contributed by atoms with Crippen molar-refractivity contribution in [3.63, 3.8) is 0 Å². The summed E-state index contributed by atoms with van der Waals surface area (Å²) in [7, 11) is 0. The molecule has 0 saturated heterocycles. The molecule has 0 fully saturated rings. The van der Waals surface area contributed by atoms with Crippen LogP contribution < -0.4 is 15.4 Å². The Morgan fingerprint density at radius 3 is 2.62 bits per heavy atom. The van der Waals surface area contributed by atoms with Gasteiger partial charge in [0, 0.05) is 36.3 Å². The first-order valence-electron chi connectivity index (χ1n) is 8.94. The molecule has 1 aromatic carbocycles. The van der Waals surface area contributed by atoms with Gasteiger partial charge in [-0.25, -0.2) is 4.98 Å². The average Bonchev–Trinajstić information content (AvgIpc) is 2.74. The zero-order valence-electron chi connectivity index (χ0n) is 15.7. The van der Waals surface area contributed by atoms with Gasteiger partial charge in [0.15, 0.2) is 5.69 Å². The minimum absolute atomic E-state index is 0.0970. The Balaban J connectivity index is 1.64. The van der Waals surface area contributed by atoms with Gasteiger partial charge in [-0.2, -0.15) is 0 Å². The number of anilines is 1. The molecule has 0 atom stereocenters. The maximum absolute atomic E-state index is 12.5. The lowest BCUT2D eigenvalue weighted by molar-refractivity contribution is 0.0944. The molecule has 2 N–H and O–H groups in total. The fraction of sp³-hybridized carbons (Fsp3) is 0.143. The van der Waals surface area contributed by atoms with Crippen molar-refractivity contribution in [2.75, 3.05) is 11.9 Å². The third-order valence-electron chi connectivity index (χ3n) is 3.91. The lowest BCUT2D eigenvalue weighted by Gasteiger charge is -2.10. The molecular formula is C21H19ClN4O3. The summed E-state index contributed by atoms with van der Waals surface area (Å²) in [6, 6.07) is 13.6. The van der Waals surface area contributed by atoms with E-state index in [9.17, 15) is 9.59 Å². The van der Waals surface area contributed by atoms with Crippen molar-refractivity contribution < 1.29 is 14.3 Å². The predicted molar refractivity (Wildman–Crippen MR) is 110 cm³/mol. The molecule has 0 unspecified atom stereocenters. The second-order valence-electron chi connectivity index (χ2n) is 5.99. The van der Waals surface area contributed by atoms with Crippen molar-refractivity contribution in [2.45, 2.75) is 13.5 Å². The van der Waals surface area contributed by atoms with E-state index in [-0.39, 0.29) is 23.2 Å². The van der Waals surface area contributed by atoms with Gasteiger partial charge in [-0.05, 0) is 42.8 Å². The quantitative estimate of drug-likeness (QED) is 0.619. The molecule has 3 aromatic rings. The highest BCUT2D eigenvalue weighted by Crippen LogP contribution is 2.18. The Morgan fingerprint density at radius 2 is 1.86 bits per heavy atom. The highest BCUT2D eigenvalue weighted by atomic mass is 35.5. The van der Waals surface area contributed by atoms with E-state index in [4.69, 9.17) is 16.3 Å². The molecule has 0 aliphatic carbocycles. The molecular weight excluding hydrogens is 392 g/mol. The van der Waals surface area contributed by atoms with Gasteiger partial charge < -0.3 is 15.4 Å². The number of pyridine rings is 2. The first-order chi connectivity index (χ1) is 14.1. The number of hydrogen-bond donors (Lipinski definition) is 2. The van der Waals surface area contributed by atoms with Crippen LogP contribution in [-0.2, 0) is 6.54 Å². The van der Waals surface area contributed by atoms with Crippen molar-refractivity contribution in [1.29, 1.82) is 0 Å². The molecule has 0 aliphatic rings. The van der Waals surface area contributed by atoms with Crippen LogP contribution in [0.4, 0.5) is 5.69 Å². The van der Waals surface area contributed by atoms with E-state index in [0.29, 0.717) is 23.7 Å². The van der Waals surface area contributed by atoms with Crippen molar-refractivity contribution in [2.24, 2.45) is 0 Å². The van der Waals surface area contributed by atoms with Gasteiger partial charge in [-0.3, -0.25) is 14.6 Å². The molecule has 0 aliphatic heterocycles. The van der Waals surface area contributed by atoms with E-state index in [0.717, 1.165) is 5.56 Å². The van der Waals surface area contributed by atoms with Crippen molar-refractivity contribution in [1.82, 2.24) is 15.3 Å². The summed E-state index contributed by atoms with van der Waals surface area (Å²) in [5, 5.41) is 5.83. The lowest BCUT2D eigenvalue weighted by atomic mass is 10.2. The normalized spacial score (nSPS) is 10.3. The maximum Gasteiger partial charge on any atom is 0.271 e. The molecule has 0 radical (unpaired) electrons. The van der Waals surface area contributed by atoms with Crippen LogP contribution in [0, 0.1) is 0 Å². The number of carbonyl (C=O) groups excluding carboxylic acids is 2. The van der Waals surface area contributed by atoms with Gasteiger partial charge in [0.1, 0.15) is 0 Å². The van der Waals surface area contributed by atoms with E-state index in [1.54, 1.807) is 54.9 Å². The van der Waals surface area contributed by atoms with Crippen LogP contribution in [0.3, 0.4) is 0 Å². The molecule has 0 bridgehead atoms. The molecule has 8 heteroatoms. The standard InChI is InChI=1S/C21H19ClN4O3/c1-2-29-18-7-6-17(22)19(26-18)21(28)24-13-14-4-3-5-16(12-14)25-20(27)15-8-10-23-11-9-15/h3-12H,2,13H2,1H3,(H,24,28)(H,25,27). The van der Waals surface area contributed by atoms with Crippen LogP contribution in [0.5, 0.6) is 5.88 Å². The predicted octanol–water partition coefficient (Wildman–Crippen LogP) is 3.71. The minimum atomic E-state index is -0.414. The van der Waals surface area contributed by atoms with E-state index < -0.39 is 5.91 Å². The number of ether oxygens (including phenoxy) is 1. The number of amides is 2. The molecule has 2 amide bonds. The third kappa shape index (κ3) is 5.52. The largest absolute Gasteiger partial charge is 0.478 e. The van der Waals surface area contributed by atoms with Gasteiger partial charge in [-0.15, -0.1) is 0 Å². The Bertz CT molecular complexity index is 1010. The number of nitrogens with one attached hydrogen (secondary N) is 2. The van der Waals surface area contributed by atoms with E-state index in [1.807, 2.05) is 13.0 Å². The van der Waals surface area contributed by atoms with Gasteiger partial charge in [0.2, 0.25) is 5.88 Å². The first-order valence-corrected chi connectivity index (χ1v) is 9.32. The van der Waals surface area contributed by atoms with E-state index >= 15 is 0 Å². The summed E-state index contributed by atoms with van der Waals surface area (Å²) < 4.78 is 5.31. The molecule has 0 spiro atoms. The Labute approximate surface area is 173 Å². The summed E-state index contributed by atoms with van der Waals surface area (Å²) >= 11 is 6.08. The number of carbonyl (C=O) groups is 2. The number of rotatable bonds is 7. The molecule has 2 aromatic heterocycles. The highest BCUT2D eigenvalue weighted by molar-refractivity contribution is 6.33. The van der Waals surface area contributed by atoms with Gasteiger partial charge in [-0.1, -0.05) is 23.7 Å². The number of nitrogens with zero attached hydrogens (tertiary/aromatic N) is 2. The number of aromatic nitrogens is 2. The van der Waals surface area contributed by atoms with Crippen LogP contribution in [0.2, 0.25) is 5.02 Å². The topological polar surface area (TPSA) is 93.2 Å². The average molecular weight is 411 g/mol. The SMILES string of the molecule is CCOc1ccc(Cl)c(C(=O)NCc2cccc(NC(=O)c3ccncc3)c2)n1. The molecule has 29 heavy (non-hydrogen) atoms. The van der Waals surface area contributed by atoms with Crippen LogP contribution in [0.25, 0.3) is 0 Å². The summed E-state index contributed by atoms with van der Waals surface area (Å²) in [5.74, 6) is -0.317. The molecule has 148 valence electrons. The molecule has 7 nitrogen and oxygen atoms in total. The zero-order valence-corrected chi connectivity index (χ0v) is 16.4. The highest BCUT2D eigenvalue weighted by Gasteiger charge is 2.14. The molecule has 3 rings (SSSR count). The maximum atomic E-state index is 12.5. The fourth-order valence-corrected chi connectivity index (χ4v) is 2.73. The van der Waals surface area contributed by atoms with Crippen LogP contribution in [0.15, 0.2) is 60.9 Å². The van der Waals surface area contributed by atoms with Crippen molar-refractivity contribution in [3.8, 4) is 5.88 Å². The van der Waals surface area contributed by atoms with E-state index in [1.165, 1.54) is 0 Å². The number of benzene rings is 1. The van der Waals surface area contributed by atoms with Crippen LogP contribution in [0.1, 0.15) is 33.3 Å². The molecule has 2 heterocycles. The van der Waals surface area contributed by atoms with Crippen molar-refractivity contribution in [3.05, 3.63) is 82.8 Å². The second kappa shape index (κ2) is 9.66. The summed E-state index contributed by atoms with van der Waals surface area (Å²) in [4.78, 5) is 32.7. The Kier molecular flexibility index (Phi) is 6.76. The molecule has 0 saturated carbocycles. The van der Waals surface area contributed by atoms with E-state index in [2.05, 4.69) is 20.6 Å². The van der Waals surface area contributed by atoms with Crippen molar-refractivity contribution >= 4 is 29.1 Å². The number of hydrogen-bond acceptors (Lipinski definition) is 5. The minimum Gasteiger partial charge on any atom is -0.478 e. The smallest absolute Gasteiger partial charge is 0.271 e. The summed E-state index contributed by atoms with van der Waals surface area (Å²) in [6.45, 7) is 2.51. The lowest BCUT2D eigenvalue weighted by Crippen LogP contribution is -2.24. The Hall–Kier alpha value is -3.45. The van der Waals surface area contributed by atoms with Gasteiger partial charge in [0.25, 0.3) is 11.8 Å². The Morgan fingerprint density at radius 1 is 1.07 bits per heavy atom. The van der Waals surface area contributed by atoms with Gasteiger partial charge in [0.05, 0.1) is 11.6 Å². The second-order valence-corrected chi connectivity index (χ2v) is 6.39. The van der Waals surface area contributed by atoms with Crippen LogP contribution in [-0.4, -0.2) is 28.4 Å². The van der Waals surface area contributed by atoms with Crippen LogP contribution >= 0.6 is 11.6 Å². The number of halogens is 1. The fourth-order valence-electron chi connectivity index (χ4n) is 2.54. The summed E-state index contributed by atoms with van der Waals surface area (Å²) in [6.07, 6.45) is 3.11. The monoisotopic (exact) mass is 410 g/mol. The zero-order chi connectivity index (χ0) is 20.6. The first kappa shape index (κ1) is 20.3. The summed E-state index contributed by atoms with van der Waals surface area (Å²) in [5.41, 5.74) is 2.03. The third-order valence-corrected chi connectivity index (χ3v) is 4.21. The van der Waals surface area contributed by atoms with Gasteiger partial charge >= 0.3 is 0 Å².